The van der Waals surface area contributed by atoms with Crippen molar-refractivity contribution in [2.24, 2.45) is 0 Å². The molecule has 21 heavy (non-hydrogen) atoms. The fraction of sp³-hybridized carbons (Fsp3) is 0.625. The first kappa shape index (κ1) is 16.1. The predicted octanol–water partition coefficient (Wildman–Crippen LogP) is 1.86. The highest BCUT2D eigenvalue weighted by Crippen LogP contribution is 2.28. The summed E-state index contributed by atoms with van der Waals surface area (Å²) in [4.78, 5) is 2.42. The molecule has 0 saturated carbocycles. The molecule has 1 atom stereocenters. The molecule has 118 valence electrons. The molecule has 1 unspecified atom stereocenters. The predicted molar refractivity (Wildman–Crippen MR) is 82.7 cm³/mol. The first-order valence-corrected chi connectivity index (χ1v) is 7.48. The zero-order valence-corrected chi connectivity index (χ0v) is 13.1. The summed E-state index contributed by atoms with van der Waals surface area (Å²) in [5.74, 6) is 0.205. The van der Waals surface area contributed by atoms with E-state index in [0.29, 0.717) is 0 Å². The molecule has 1 heterocycles. The third-order valence-electron chi connectivity index (χ3n) is 4.19. The Labute approximate surface area is 126 Å². The fourth-order valence-corrected chi connectivity index (χ4v) is 2.69. The summed E-state index contributed by atoms with van der Waals surface area (Å²) >= 11 is 0. The molecule has 5 heteroatoms. The lowest BCUT2D eigenvalue weighted by molar-refractivity contribution is -0.0102. The van der Waals surface area contributed by atoms with E-state index in [1.165, 1.54) is 6.07 Å². The van der Waals surface area contributed by atoms with Gasteiger partial charge in [-0.25, -0.2) is 0 Å². The van der Waals surface area contributed by atoms with Crippen LogP contribution in [-0.2, 0) is 4.74 Å². The van der Waals surface area contributed by atoms with Crippen LogP contribution in [-0.4, -0.2) is 53.5 Å². The maximum absolute atomic E-state index is 9.91. The van der Waals surface area contributed by atoms with Gasteiger partial charge in [0.25, 0.3) is 0 Å². The third kappa shape index (κ3) is 4.09. The second-order valence-electron chi connectivity index (χ2n) is 6.26. The van der Waals surface area contributed by atoms with Gasteiger partial charge in [0.2, 0.25) is 0 Å². The summed E-state index contributed by atoms with van der Waals surface area (Å²) < 4.78 is 5.40. The number of benzene rings is 1. The minimum Gasteiger partial charge on any atom is -0.508 e. The van der Waals surface area contributed by atoms with Crippen molar-refractivity contribution in [3.8, 4) is 11.5 Å². The topological polar surface area (TPSA) is 65.0 Å². The minimum absolute atomic E-state index is 0.0194. The van der Waals surface area contributed by atoms with Crippen molar-refractivity contribution in [1.29, 1.82) is 0 Å². The van der Waals surface area contributed by atoms with Gasteiger partial charge in [0.1, 0.15) is 11.5 Å². The largest absolute Gasteiger partial charge is 0.508 e. The second-order valence-corrected chi connectivity index (χ2v) is 6.26. The number of morpholine rings is 1. The molecule has 0 aromatic heterocycles. The lowest BCUT2D eigenvalue weighted by Gasteiger charge is -2.41. The van der Waals surface area contributed by atoms with Gasteiger partial charge in [-0.05, 0) is 26.8 Å². The Kier molecular flexibility index (Phi) is 5.08. The third-order valence-corrected chi connectivity index (χ3v) is 4.19. The normalized spacial score (nSPS) is 18.6. The van der Waals surface area contributed by atoms with E-state index in [-0.39, 0.29) is 23.1 Å². The number of hydrogen-bond donors (Lipinski definition) is 3. The number of ether oxygens (including phenoxy) is 1. The summed E-state index contributed by atoms with van der Waals surface area (Å²) in [5, 5.41) is 22.7. The summed E-state index contributed by atoms with van der Waals surface area (Å²) in [7, 11) is 0. The Morgan fingerprint density at radius 1 is 1.29 bits per heavy atom. The van der Waals surface area contributed by atoms with Crippen molar-refractivity contribution in [2.45, 2.75) is 32.4 Å². The quantitative estimate of drug-likeness (QED) is 0.773. The Morgan fingerprint density at radius 3 is 2.57 bits per heavy atom. The van der Waals surface area contributed by atoms with E-state index in [0.717, 1.165) is 38.4 Å². The molecular formula is C16H26N2O3. The van der Waals surface area contributed by atoms with E-state index in [9.17, 15) is 10.2 Å². The first-order valence-electron chi connectivity index (χ1n) is 7.48. The number of phenolic OH excluding ortho intramolecular Hbond substituents is 2. The van der Waals surface area contributed by atoms with Gasteiger partial charge < -0.3 is 20.3 Å². The van der Waals surface area contributed by atoms with Crippen LogP contribution in [0.25, 0.3) is 0 Å². The lowest BCUT2D eigenvalue weighted by atomic mass is 10.00. The molecule has 1 aliphatic rings. The zero-order valence-electron chi connectivity index (χ0n) is 13.1. The van der Waals surface area contributed by atoms with Crippen LogP contribution >= 0.6 is 0 Å². The molecule has 0 bridgehead atoms. The molecule has 1 aromatic rings. The van der Waals surface area contributed by atoms with Crippen molar-refractivity contribution in [3.63, 3.8) is 0 Å². The number of phenols is 2. The Morgan fingerprint density at radius 2 is 1.95 bits per heavy atom. The molecule has 0 radical (unpaired) electrons. The minimum atomic E-state index is 0.0194. The highest BCUT2D eigenvalue weighted by atomic mass is 16.5. The summed E-state index contributed by atoms with van der Waals surface area (Å²) in [6, 6.07) is 4.75. The molecule has 0 amide bonds. The van der Waals surface area contributed by atoms with E-state index < -0.39 is 0 Å². The standard InChI is InChI=1S/C16H26N2O3/c1-12(14-5-4-13(19)10-15(14)20)17-11-16(2,3)18-6-8-21-9-7-18/h4-5,10,12,17,19-20H,6-9,11H2,1-3H3. The Hall–Kier alpha value is -1.30. The van der Waals surface area contributed by atoms with Gasteiger partial charge >= 0.3 is 0 Å². The van der Waals surface area contributed by atoms with E-state index in [1.807, 2.05) is 6.92 Å². The number of aromatic hydroxyl groups is 2. The van der Waals surface area contributed by atoms with Crippen LogP contribution in [0.3, 0.4) is 0 Å². The van der Waals surface area contributed by atoms with Gasteiger partial charge in [-0.15, -0.1) is 0 Å². The average molecular weight is 294 g/mol. The van der Waals surface area contributed by atoms with Gasteiger partial charge in [0.05, 0.1) is 13.2 Å². The Bertz CT molecular complexity index is 471. The molecule has 0 spiro atoms. The molecule has 2 rings (SSSR count). The van der Waals surface area contributed by atoms with Crippen LogP contribution in [0.2, 0.25) is 0 Å². The van der Waals surface area contributed by atoms with E-state index in [2.05, 4.69) is 24.1 Å². The SMILES string of the molecule is CC(NCC(C)(C)N1CCOCC1)c1ccc(O)cc1O. The molecule has 5 nitrogen and oxygen atoms in total. The molecule has 1 saturated heterocycles. The summed E-state index contributed by atoms with van der Waals surface area (Å²) in [6.07, 6.45) is 0. The van der Waals surface area contributed by atoms with Crippen molar-refractivity contribution in [3.05, 3.63) is 23.8 Å². The van der Waals surface area contributed by atoms with Gasteiger partial charge in [-0.3, -0.25) is 4.90 Å². The van der Waals surface area contributed by atoms with Crippen molar-refractivity contribution in [1.82, 2.24) is 10.2 Å². The van der Waals surface area contributed by atoms with E-state index in [1.54, 1.807) is 12.1 Å². The maximum Gasteiger partial charge on any atom is 0.124 e. The highest BCUT2D eigenvalue weighted by molar-refractivity contribution is 5.40. The van der Waals surface area contributed by atoms with Crippen LogP contribution in [0.5, 0.6) is 11.5 Å². The van der Waals surface area contributed by atoms with Crippen LogP contribution in [0.1, 0.15) is 32.4 Å². The number of rotatable bonds is 5. The number of hydrogen-bond acceptors (Lipinski definition) is 5. The van der Waals surface area contributed by atoms with Crippen molar-refractivity contribution >= 4 is 0 Å². The first-order chi connectivity index (χ1) is 9.90. The maximum atomic E-state index is 9.91. The summed E-state index contributed by atoms with van der Waals surface area (Å²) in [5.41, 5.74) is 0.829. The fourth-order valence-electron chi connectivity index (χ4n) is 2.69. The number of nitrogens with one attached hydrogen (secondary N) is 1. The number of nitrogens with zero attached hydrogens (tertiary/aromatic N) is 1. The van der Waals surface area contributed by atoms with Gasteiger partial charge in [-0.2, -0.15) is 0 Å². The van der Waals surface area contributed by atoms with E-state index in [4.69, 9.17) is 4.74 Å². The van der Waals surface area contributed by atoms with Crippen LogP contribution < -0.4 is 5.32 Å². The smallest absolute Gasteiger partial charge is 0.124 e. The van der Waals surface area contributed by atoms with Gasteiger partial charge in [0, 0.05) is 42.8 Å². The molecule has 1 aliphatic heterocycles. The molecular weight excluding hydrogens is 268 g/mol. The molecule has 1 fully saturated rings. The molecule has 1 aromatic carbocycles. The molecule has 0 aliphatic carbocycles. The molecule has 3 N–H and O–H groups in total. The zero-order chi connectivity index (χ0) is 15.5. The highest BCUT2D eigenvalue weighted by Gasteiger charge is 2.28. The van der Waals surface area contributed by atoms with E-state index >= 15 is 0 Å². The van der Waals surface area contributed by atoms with Crippen LogP contribution in [0, 0.1) is 0 Å². The Balaban J connectivity index is 1.94. The van der Waals surface area contributed by atoms with Crippen molar-refractivity contribution in [2.75, 3.05) is 32.8 Å². The van der Waals surface area contributed by atoms with Crippen LogP contribution in [0.15, 0.2) is 18.2 Å². The van der Waals surface area contributed by atoms with Crippen molar-refractivity contribution < 1.29 is 14.9 Å². The van der Waals surface area contributed by atoms with Crippen LogP contribution in [0.4, 0.5) is 0 Å². The lowest BCUT2D eigenvalue weighted by Crippen LogP contribution is -2.54. The second kappa shape index (κ2) is 6.64. The monoisotopic (exact) mass is 294 g/mol. The van der Waals surface area contributed by atoms with Gasteiger partial charge in [0.15, 0.2) is 0 Å². The summed E-state index contributed by atoms with van der Waals surface area (Å²) in [6.45, 7) is 10.7. The van der Waals surface area contributed by atoms with Gasteiger partial charge in [-0.1, -0.05) is 6.07 Å². The average Bonchev–Trinajstić information content (AvgIpc) is 2.46.